The number of hydrogen-bond donors (Lipinski definition) is 0. The molecule has 1 fully saturated rings. The van der Waals surface area contributed by atoms with E-state index in [0.717, 1.165) is 0 Å². The number of ether oxygens (including phenoxy) is 1. The molecule has 0 bridgehead atoms. The highest BCUT2D eigenvalue weighted by molar-refractivity contribution is 5.91. The van der Waals surface area contributed by atoms with Crippen LogP contribution >= 0.6 is 0 Å². The van der Waals surface area contributed by atoms with Crippen molar-refractivity contribution >= 4 is 11.6 Å². The van der Waals surface area contributed by atoms with E-state index in [4.69, 9.17) is 4.74 Å². The number of likely N-dealkylation sites (N-methyl/N-ethyl adjacent to an activating group) is 1. The van der Waals surface area contributed by atoms with Crippen LogP contribution in [0.4, 0.5) is 5.69 Å². The second-order valence-electron chi connectivity index (χ2n) is 4.95. The van der Waals surface area contributed by atoms with E-state index in [1.54, 1.807) is 24.9 Å². The van der Waals surface area contributed by atoms with Crippen LogP contribution in [0, 0.1) is 10.1 Å². The van der Waals surface area contributed by atoms with Crippen molar-refractivity contribution in [1.82, 2.24) is 4.90 Å². The van der Waals surface area contributed by atoms with Crippen LogP contribution in [0.5, 0.6) is 5.75 Å². The van der Waals surface area contributed by atoms with Crippen LogP contribution in [-0.4, -0.2) is 36.4 Å². The number of carbonyl (C=O) groups is 1. The predicted octanol–water partition coefficient (Wildman–Crippen LogP) is 1.72. The molecule has 1 saturated heterocycles. The molecular formula is C13H16N2O4. The Bertz CT molecular complexity index is 543. The number of nitrogens with zero attached hydrogens (tertiary/aromatic N) is 2. The Morgan fingerprint density at radius 1 is 1.47 bits per heavy atom. The van der Waals surface area contributed by atoms with Crippen molar-refractivity contribution in [2.45, 2.75) is 18.8 Å². The van der Waals surface area contributed by atoms with Crippen LogP contribution in [0.15, 0.2) is 18.2 Å². The molecule has 1 aliphatic heterocycles. The average molecular weight is 264 g/mol. The fourth-order valence-electron chi connectivity index (χ4n) is 2.51. The highest BCUT2D eigenvalue weighted by Gasteiger charge is 2.46. The molecule has 0 saturated carbocycles. The summed E-state index contributed by atoms with van der Waals surface area (Å²) < 4.78 is 5.11. The minimum absolute atomic E-state index is 0.0352. The minimum atomic E-state index is -0.855. The lowest BCUT2D eigenvalue weighted by Gasteiger charge is -2.22. The number of nitro groups is 1. The fraction of sp³-hybridized carbons (Fsp3) is 0.462. The van der Waals surface area contributed by atoms with Crippen LogP contribution in [0.25, 0.3) is 0 Å². The molecule has 0 aliphatic carbocycles. The van der Waals surface area contributed by atoms with Gasteiger partial charge < -0.3 is 9.64 Å². The van der Waals surface area contributed by atoms with Crippen molar-refractivity contribution in [3.8, 4) is 5.75 Å². The zero-order valence-electron chi connectivity index (χ0n) is 11.2. The van der Waals surface area contributed by atoms with E-state index in [9.17, 15) is 14.9 Å². The second-order valence-corrected chi connectivity index (χ2v) is 4.95. The summed E-state index contributed by atoms with van der Waals surface area (Å²) in [5.74, 6) is 0.424. The summed E-state index contributed by atoms with van der Waals surface area (Å²) in [6.07, 6.45) is 0.566. The van der Waals surface area contributed by atoms with Gasteiger partial charge in [0, 0.05) is 25.2 Å². The van der Waals surface area contributed by atoms with Gasteiger partial charge >= 0.3 is 0 Å². The third-order valence-electron chi connectivity index (χ3n) is 3.76. The van der Waals surface area contributed by atoms with Crippen molar-refractivity contribution in [3.05, 3.63) is 33.9 Å². The van der Waals surface area contributed by atoms with Gasteiger partial charge in [-0.3, -0.25) is 14.9 Å². The van der Waals surface area contributed by atoms with Crippen molar-refractivity contribution in [2.24, 2.45) is 0 Å². The molecule has 2 rings (SSSR count). The SMILES string of the molecule is COc1ccc([N+](=O)[O-])c([C@]2(C)CCN(C)C2=O)c1. The van der Waals surface area contributed by atoms with Gasteiger partial charge in [0.05, 0.1) is 17.4 Å². The molecule has 102 valence electrons. The van der Waals surface area contributed by atoms with E-state index in [1.807, 2.05) is 0 Å². The van der Waals surface area contributed by atoms with Gasteiger partial charge in [-0.05, 0) is 25.5 Å². The average Bonchev–Trinajstić information content (AvgIpc) is 2.67. The summed E-state index contributed by atoms with van der Waals surface area (Å²) in [7, 11) is 3.20. The summed E-state index contributed by atoms with van der Waals surface area (Å²) in [4.78, 5) is 24.6. The van der Waals surface area contributed by atoms with Gasteiger partial charge in [-0.25, -0.2) is 0 Å². The third-order valence-corrected chi connectivity index (χ3v) is 3.76. The van der Waals surface area contributed by atoms with Crippen molar-refractivity contribution in [3.63, 3.8) is 0 Å². The summed E-state index contributed by atoms with van der Waals surface area (Å²) in [5.41, 5.74) is -0.468. The fourth-order valence-corrected chi connectivity index (χ4v) is 2.51. The quantitative estimate of drug-likeness (QED) is 0.615. The summed E-state index contributed by atoms with van der Waals surface area (Å²) in [6, 6.07) is 4.52. The largest absolute Gasteiger partial charge is 0.497 e. The van der Waals surface area contributed by atoms with E-state index < -0.39 is 10.3 Å². The molecule has 0 aromatic heterocycles. The van der Waals surface area contributed by atoms with Gasteiger partial charge in [0.2, 0.25) is 5.91 Å². The molecule has 0 N–H and O–H groups in total. The summed E-state index contributed by atoms with van der Waals surface area (Å²) in [5, 5.41) is 11.1. The van der Waals surface area contributed by atoms with Gasteiger partial charge in [0.1, 0.15) is 5.75 Å². The monoisotopic (exact) mass is 264 g/mol. The number of benzene rings is 1. The number of nitro benzene ring substituents is 1. The lowest BCUT2D eigenvalue weighted by Crippen LogP contribution is -2.34. The van der Waals surface area contributed by atoms with E-state index in [1.165, 1.54) is 19.2 Å². The lowest BCUT2D eigenvalue weighted by molar-refractivity contribution is -0.386. The molecule has 6 nitrogen and oxygen atoms in total. The smallest absolute Gasteiger partial charge is 0.273 e. The molecule has 0 radical (unpaired) electrons. The number of hydrogen-bond acceptors (Lipinski definition) is 4. The molecule has 0 spiro atoms. The van der Waals surface area contributed by atoms with E-state index in [-0.39, 0.29) is 11.6 Å². The topological polar surface area (TPSA) is 72.7 Å². The second kappa shape index (κ2) is 4.53. The van der Waals surface area contributed by atoms with Crippen LogP contribution in [-0.2, 0) is 10.2 Å². The Morgan fingerprint density at radius 2 is 2.16 bits per heavy atom. The van der Waals surface area contributed by atoms with E-state index >= 15 is 0 Å². The number of amides is 1. The molecule has 6 heteroatoms. The lowest BCUT2D eigenvalue weighted by atomic mass is 9.80. The first-order valence-electron chi connectivity index (χ1n) is 5.98. The third kappa shape index (κ3) is 2.03. The van der Waals surface area contributed by atoms with Gasteiger partial charge in [0.25, 0.3) is 5.69 Å². The van der Waals surface area contributed by atoms with Gasteiger partial charge in [0.15, 0.2) is 0 Å². The first kappa shape index (κ1) is 13.3. The van der Waals surface area contributed by atoms with Gasteiger partial charge in [-0.1, -0.05) is 0 Å². The highest BCUT2D eigenvalue weighted by Crippen LogP contribution is 2.41. The predicted molar refractivity (Wildman–Crippen MR) is 69.3 cm³/mol. The normalized spacial score (nSPS) is 22.7. The molecule has 19 heavy (non-hydrogen) atoms. The molecule has 1 aromatic carbocycles. The van der Waals surface area contributed by atoms with Gasteiger partial charge in [-0.2, -0.15) is 0 Å². The zero-order chi connectivity index (χ0) is 14.2. The minimum Gasteiger partial charge on any atom is -0.497 e. The van der Waals surface area contributed by atoms with Crippen LogP contribution < -0.4 is 4.74 Å². The van der Waals surface area contributed by atoms with Crippen LogP contribution in [0.1, 0.15) is 18.9 Å². The standard InChI is InChI=1S/C13H16N2O4/c1-13(6-7-14(2)12(13)16)10-8-9(19-3)4-5-11(10)15(17)18/h4-5,8H,6-7H2,1-3H3/t13-/m0/s1. The highest BCUT2D eigenvalue weighted by atomic mass is 16.6. The Kier molecular flexibility index (Phi) is 3.18. The van der Waals surface area contributed by atoms with E-state index in [2.05, 4.69) is 0 Å². The van der Waals surface area contributed by atoms with Crippen LogP contribution in [0.2, 0.25) is 0 Å². The van der Waals surface area contributed by atoms with Crippen molar-refractivity contribution in [1.29, 1.82) is 0 Å². The molecule has 1 aliphatic rings. The van der Waals surface area contributed by atoms with Crippen molar-refractivity contribution < 1.29 is 14.5 Å². The van der Waals surface area contributed by atoms with E-state index in [0.29, 0.717) is 24.3 Å². The maximum atomic E-state index is 12.3. The maximum Gasteiger partial charge on any atom is 0.273 e. The Balaban J connectivity index is 2.59. The number of methoxy groups -OCH3 is 1. The molecule has 1 atom stereocenters. The van der Waals surface area contributed by atoms with Crippen molar-refractivity contribution in [2.75, 3.05) is 20.7 Å². The number of rotatable bonds is 3. The first-order chi connectivity index (χ1) is 8.90. The van der Waals surface area contributed by atoms with Gasteiger partial charge in [-0.15, -0.1) is 0 Å². The molecule has 1 aromatic rings. The Morgan fingerprint density at radius 3 is 2.63 bits per heavy atom. The molecule has 0 unspecified atom stereocenters. The molecule has 1 amide bonds. The molecule has 1 heterocycles. The summed E-state index contributed by atoms with van der Waals surface area (Å²) >= 11 is 0. The maximum absolute atomic E-state index is 12.3. The Hall–Kier alpha value is -2.11. The summed E-state index contributed by atoms with van der Waals surface area (Å²) in [6.45, 7) is 2.35. The first-order valence-corrected chi connectivity index (χ1v) is 5.98. The molecular weight excluding hydrogens is 248 g/mol. The number of likely N-dealkylation sites (tertiary alicyclic amines) is 1. The number of carbonyl (C=O) groups excluding carboxylic acids is 1. The van der Waals surface area contributed by atoms with Crippen LogP contribution in [0.3, 0.4) is 0 Å². The zero-order valence-corrected chi connectivity index (χ0v) is 11.2. The Labute approximate surface area is 111 Å².